The monoisotopic (exact) mass is 480 g/mol. The van der Waals surface area contributed by atoms with E-state index in [0.29, 0.717) is 22.5 Å². The standard InChI is InChI=1S/C23H29ClN2O3S2/c1-17-7-11-21(12-8-17)31(28,29)26(22-15-19(24)10-9-18(22)2)16-23(27)25-13-14-30-20-5-3-4-6-20/h7-12,15,20H,3-6,13-14,16H2,1-2H3,(H,25,27). The molecule has 0 unspecified atom stereocenters. The van der Waals surface area contributed by atoms with Crippen LogP contribution in [0.1, 0.15) is 36.8 Å². The van der Waals surface area contributed by atoms with Gasteiger partial charge in [0.15, 0.2) is 0 Å². The molecule has 5 nitrogen and oxygen atoms in total. The number of nitrogens with zero attached hydrogens (tertiary/aromatic N) is 1. The smallest absolute Gasteiger partial charge is 0.264 e. The molecule has 0 bridgehead atoms. The number of halogens is 1. The number of amides is 1. The highest BCUT2D eigenvalue weighted by Crippen LogP contribution is 2.30. The van der Waals surface area contributed by atoms with Crippen molar-refractivity contribution in [3.8, 4) is 0 Å². The molecule has 1 aliphatic carbocycles. The van der Waals surface area contributed by atoms with Crippen molar-refractivity contribution < 1.29 is 13.2 Å². The Morgan fingerprint density at radius 1 is 1.13 bits per heavy atom. The first kappa shape index (κ1) is 24.0. The van der Waals surface area contributed by atoms with Crippen LogP contribution in [-0.2, 0) is 14.8 Å². The van der Waals surface area contributed by atoms with Gasteiger partial charge in [-0.2, -0.15) is 11.8 Å². The van der Waals surface area contributed by atoms with Crippen LogP contribution in [0.2, 0.25) is 5.02 Å². The molecule has 1 aliphatic rings. The Hall–Kier alpha value is -1.70. The van der Waals surface area contributed by atoms with E-state index in [9.17, 15) is 13.2 Å². The molecule has 0 saturated heterocycles. The van der Waals surface area contributed by atoms with Crippen LogP contribution in [0.3, 0.4) is 0 Å². The van der Waals surface area contributed by atoms with Gasteiger partial charge in [-0.05, 0) is 56.5 Å². The zero-order valence-electron chi connectivity index (χ0n) is 17.9. The first-order chi connectivity index (χ1) is 14.8. The minimum Gasteiger partial charge on any atom is -0.354 e. The summed E-state index contributed by atoms with van der Waals surface area (Å²) in [7, 11) is -3.94. The third-order valence-corrected chi connectivity index (χ3v) is 8.81. The highest BCUT2D eigenvalue weighted by Gasteiger charge is 2.28. The summed E-state index contributed by atoms with van der Waals surface area (Å²) in [5.41, 5.74) is 2.09. The predicted octanol–water partition coefficient (Wildman–Crippen LogP) is 4.94. The number of nitrogens with one attached hydrogen (secondary N) is 1. The van der Waals surface area contributed by atoms with Crippen LogP contribution in [0.25, 0.3) is 0 Å². The molecular formula is C23H29ClN2O3S2. The first-order valence-electron chi connectivity index (χ1n) is 10.5. The summed E-state index contributed by atoms with van der Waals surface area (Å²) in [5, 5.41) is 3.97. The summed E-state index contributed by atoms with van der Waals surface area (Å²) >= 11 is 8.04. The van der Waals surface area contributed by atoms with Crippen LogP contribution in [0, 0.1) is 13.8 Å². The molecule has 1 fully saturated rings. The summed E-state index contributed by atoms with van der Waals surface area (Å²) in [6, 6.07) is 11.7. The van der Waals surface area contributed by atoms with Gasteiger partial charge < -0.3 is 5.32 Å². The molecule has 31 heavy (non-hydrogen) atoms. The van der Waals surface area contributed by atoms with Crippen molar-refractivity contribution >= 4 is 45.0 Å². The minimum absolute atomic E-state index is 0.141. The van der Waals surface area contributed by atoms with Gasteiger partial charge in [0.2, 0.25) is 5.91 Å². The lowest BCUT2D eigenvalue weighted by Crippen LogP contribution is -2.41. The SMILES string of the molecule is Cc1ccc(S(=O)(=O)N(CC(=O)NCCSC2CCCC2)c2cc(Cl)ccc2C)cc1. The maximum atomic E-state index is 13.4. The van der Waals surface area contributed by atoms with Gasteiger partial charge in [0.1, 0.15) is 6.54 Å². The zero-order valence-corrected chi connectivity index (χ0v) is 20.3. The number of benzene rings is 2. The van der Waals surface area contributed by atoms with Gasteiger partial charge >= 0.3 is 0 Å². The molecular weight excluding hydrogens is 452 g/mol. The van der Waals surface area contributed by atoms with Gasteiger partial charge in [-0.1, -0.05) is 48.2 Å². The Balaban J connectivity index is 1.76. The highest BCUT2D eigenvalue weighted by atomic mass is 35.5. The number of thioether (sulfide) groups is 1. The quantitative estimate of drug-likeness (QED) is 0.516. The van der Waals surface area contributed by atoms with E-state index < -0.39 is 10.0 Å². The summed E-state index contributed by atoms with van der Waals surface area (Å²) in [4.78, 5) is 12.8. The van der Waals surface area contributed by atoms with Crippen LogP contribution in [0.4, 0.5) is 5.69 Å². The average Bonchev–Trinajstić information content (AvgIpc) is 3.25. The Bertz CT molecular complexity index is 1000. The molecule has 1 saturated carbocycles. The summed E-state index contributed by atoms with van der Waals surface area (Å²) in [6.45, 7) is 3.92. The van der Waals surface area contributed by atoms with E-state index in [0.717, 1.165) is 21.2 Å². The molecule has 1 amide bonds. The second-order valence-electron chi connectivity index (χ2n) is 7.88. The van der Waals surface area contributed by atoms with Gasteiger partial charge in [0.05, 0.1) is 10.6 Å². The highest BCUT2D eigenvalue weighted by molar-refractivity contribution is 7.99. The second-order valence-corrected chi connectivity index (χ2v) is 11.6. The Morgan fingerprint density at radius 3 is 2.48 bits per heavy atom. The summed E-state index contributed by atoms with van der Waals surface area (Å²) in [5.74, 6) is 0.499. The van der Waals surface area contributed by atoms with Crippen LogP contribution >= 0.6 is 23.4 Å². The van der Waals surface area contributed by atoms with Crippen LogP contribution < -0.4 is 9.62 Å². The number of hydrogen-bond donors (Lipinski definition) is 1. The van der Waals surface area contributed by atoms with Crippen LogP contribution in [-0.4, -0.2) is 38.4 Å². The fourth-order valence-corrected chi connectivity index (χ4v) is 6.51. The van der Waals surface area contributed by atoms with Crippen molar-refractivity contribution in [3.05, 3.63) is 58.6 Å². The van der Waals surface area contributed by atoms with E-state index >= 15 is 0 Å². The molecule has 1 N–H and O–H groups in total. The summed E-state index contributed by atoms with van der Waals surface area (Å²) in [6.07, 6.45) is 5.06. The normalized spacial score (nSPS) is 14.5. The van der Waals surface area contributed by atoms with Crippen molar-refractivity contribution in [2.75, 3.05) is 23.1 Å². The second kappa shape index (κ2) is 10.7. The van der Waals surface area contributed by atoms with Crippen molar-refractivity contribution in [2.45, 2.75) is 49.7 Å². The van der Waals surface area contributed by atoms with Crippen molar-refractivity contribution in [2.24, 2.45) is 0 Å². The third-order valence-electron chi connectivity index (χ3n) is 5.42. The number of carbonyl (C=O) groups excluding carboxylic acids is 1. The van der Waals surface area contributed by atoms with Gasteiger partial charge in [0.25, 0.3) is 10.0 Å². The molecule has 3 rings (SSSR count). The number of hydrogen-bond acceptors (Lipinski definition) is 4. The number of carbonyl (C=O) groups is 1. The number of aryl methyl sites for hydroxylation is 2. The maximum Gasteiger partial charge on any atom is 0.264 e. The first-order valence-corrected chi connectivity index (χ1v) is 13.4. The fourth-order valence-electron chi connectivity index (χ4n) is 3.65. The van der Waals surface area contributed by atoms with Crippen LogP contribution in [0.15, 0.2) is 47.4 Å². The largest absolute Gasteiger partial charge is 0.354 e. The maximum absolute atomic E-state index is 13.4. The molecule has 8 heteroatoms. The predicted molar refractivity (Wildman–Crippen MR) is 130 cm³/mol. The fraction of sp³-hybridized carbons (Fsp3) is 0.435. The topological polar surface area (TPSA) is 66.5 Å². The Morgan fingerprint density at radius 2 is 1.81 bits per heavy atom. The third kappa shape index (κ3) is 6.40. The molecule has 2 aromatic carbocycles. The number of sulfonamides is 1. The van der Waals surface area contributed by atoms with Gasteiger partial charge in [-0.3, -0.25) is 9.10 Å². The molecule has 2 aromatic rings. The molecule has 0 aromatic heterocycles. The lowest BCUT2D eigenvalue weighted by atomic mass is 10.2. The number of anilines is 1. The molecule has 0 spiro atoms. The lowest BCUT2D eigenvalue weighted by Gasteiger charge is -2.26. The molecule has 0 radical (unpaired) electrons. The Kier molecular flexibility index (Phi) is 8.30. The van der Waals surface area contributed by atoms with E-state index in [1.165, 1.54) is 25.7 Å². The van der Waals surface area contributed by atoms with E-state index in [4.69, 9.17) is 11.6 Å². The molecule has 0 atom stereocenters. The average molecular weight is 481 g/mol. The van der Waals surface area contributed by atoms with Gasteiger partial charge in [-0.15, -0.1) is 0 Å². The van der Waals surface area contributed by atoms with E-state index in [-0.39, 0.29) is 17.3 Å². The number of rotatable bonds is 9. The van der Waals surface area contributed by atoms with E-state index in [1.807, 2.05) is 18.7 Å². The summed E-state index contributed by atoms with van der Waals surface area (Å²) < 4.78 is 28.0. The van der Waals surface area contributed by atoms with Crippen LogP contribution in [0.5, 0.6) is 0 Å². The lowest BCUT2D eigenvalue weighted by molar-refractivity contribution is -0.119. The minimum atomic E-state index is -3.94. The zero-order chi connectivity index (χ0) is 22.4. The van der Waals surface area contributed by atoms with Crippen molar-refractivity contribution in [3.63, 3.8) is 0 Å². The molecule has 168 valence electrons. The van der Waals surface area contributed by atoms with E-state index in [2.05, 4.69) is 5.32 Å². The van der Waals surface area contributed by atoms with Gasteiger partial charge in [0, 0.05) is 22.6 Å². The van der Waals surface area contributed by atoms with Gasteiger partial charge in [-0.25, -0.2) is 8.42 Å². The molecule has 0 heterocycles. The van der Waals surface area contributed by atoms with Crippen molar-refractivity contribution in [1.82, 2.24) is 5.32 Å². The molecule has 0 aliphatic heterocycles. The Labute approximate surface area is 194 Å². The van der Waals surface area contributed by atoms with Crippen molar-refractivity contribution in [1.29, 1.82) is 0 Å². The van der Waals surface area contributed by atoms with E-state index in [1.54, 1.807) is 49.4 Å².